The van der Waals surface area contributed by atoms with Crippen molar-refractivity contribution in [3.8, 4) is 0 Å². The zero-order valence-electron chi connectivity index (χ0n) is 10.8. The van der Waals surface area contributed by atoms with Gasteiger partial charge in [0, 0.05) is 7.05 Å². The Kier molecular flexibility index (Phi) is 3.16. The third-order valence-corrected chi connectivity index (χ3v) is 2.81. The van der Waals surface area contributed by atoms with Crippen LogP contribution in [0.15, 0.2) is 11.0 Å². The molecule has 0 amide bonds. The molecule has 2 aromatic heterocycles. The van der Waals surface area contributed by atoms with Gasteiger partial charge in [0.15, 0.2) is 0 Å². The Balaban J connectivity index is 2.53. The molecule has 0 unspecified atom stereocenters. The summed E-state index contributed by atoms with van der Waals surface area (Å²) in [4.78, 5) is 23.2. The summed E-state index contributed by atoms with van der Waals surface area (Å²) in [5.74, 6) is -1.25. The Morgan fingerprint density at radius 1 is 1.42 bits per heavy atom. The lowest BCUT2D eigenvalue weighted by Gasteiger charge is -2.08. The summed E-state index contributed by atoms with van der Waals surface area (Å²) >= 11 is 0. The molecule has 0 aromatic carbocycles. The molecule has 0 spiro atoms. The Labute approximate surface area is 108 Å². The van der Waals surface area contributed by atoms with Crippen molar-refractivity contribution in [2.45, 2.75) is 20.4 Å². The number of carboxylic acid groups (broad SMARTS) is 1. The van der Waals surface area contributed by atoms with Crippen molar-refractivity contribution in [2.24, 2.45) is 7.05 Å². The van der Waals surface area contributed by atoms with E-state index in [0.717, 1.165) is 4.68 Å². The third-order valence-electron chi connectivity index (χ3n) is 2.81. The molecule has 0 saturated heterocycles. The molecule has 2 rings (SSSR count). The lowest BCUT2D eigenvalue weighted by Crippen LogP contribution is -2.31. The number of carbonyl (C=O) groups is 1. The molecule has 0 aliphatic heterocycles. The summed E-state index contributed by atoms with van der Waals surface area (Å²) in [7, 11) is 1.70. The van der Waals surface area contributed by atoms with Gasteiger partial charge in [0.1, 0.15) is 11.3 Å². The minimum absolute atomic E-state index is 0.0913. The van der Waals surface area contributed by atoms with E-state index in [2.05, 4.69) is 15.4 Å². The highest BCUT2D eigenvalue weighted by Gasteiger charge is 2.18. The second kappa shape index (κ2) is 4.63. The third kappa shape index (κ3) is 2.37. The van der Waals surface area contributed by atoms with Crippen LogP contribution in [0.5, 0.6) is 0 Å². The van der Waals surface area contributed by atoms with Gasteiger partial charge in [-0.2, -0.15) is 5.10 Å². The summed E-state index contributed by atoms with van der Waals surface area (Å²) < 4.78 is 2.59. The Hall–Kier alpha value is -2.51. The van der Waals surface area contributed by atoms with Crippen LogP contribution < -0.4 is 5.56 Å². The first-order chi connectivity index (χ1) is 8.90. The SMILES string of the molecule is Cc1nn(Cc2cn(C)nn2)c(=O)c(C(=O)O)c1C. The van der Waals surface area contributed by atoms with E-state index in [1.54, 1.807) is 27.1 Å². The Bertz CT molecular complexity index is 701. The molecule has 2 aromatic rings. The number of hydrogen-bond acceptors (Lipinski definition) is 5. The van der Waals surface area contributed by atoms with Gasteiger partial charge in [-0.05, 0) is 19.4 Å². The van der Waals surface area contributed by atoms with E-state index >= 15 is 0 Å². The predicted octanol–water partition coefficient (Wildman–Crippen LogP) is -0.265. The van der Waals surface area contributed by atoms with E-state index < -0.39 is 11.5 Å². The molecule has 0 saturated carbocycles. The topological polar surface area (TPSA) is 103 Å². The van der Waals surface area contributed by atoms with E-state index in [1.165, 1.54) is 4.68 Å². The maximum Gasteiger partial charge on any atom is 0.341 e. The zero-order chi connectivity index (χ0) is 14.2. The lowest BCUT2D eigenvalue weighted by atomic mass is 10.1. The lowest BCUT2D eigenvalue weighted by molar-refractivity contribution is 0.0692. The number of rotatable bonds is 3. The average molecular weight is 263 g/mol. The molecule has 100 valence electrons. The molecule has 0 aliphatic carbocycles. The van der Waals surface area contributed by atoms with Gasteiger partial charge in [0.05, 0.1) is 18.4 Å². The fourth-order valence-corrected chi connectivity index (χ4v) is 1.75. The van der Waals surface area contributed by atoms with Gasteiger partial charge in [-0.1, -0.05) is 5.21 Å². The van der Waals surface area contributed by atoms with Crippen LogP contribution in [0.3, 0.4) is 0 Å². The van der Waals surface area contributed by atoms with Crippen molar-refractivity contribution in [1.82, 2.24) is 24.8 Å². The highest BCUT2D eigenvalue weighted by atomic mass is 16.4. The number of hydrogen-bond donors (Lipinski definition) is 1. The first-order valence-electron chi connectivity index (χ1n) is 5.57. The van der Waals surface area contributed by atoms with Gasteiger partial charge in [-0.25, -0.2) is 9.48 Å². The summed E-state index contributed by atoms with van der Waals surface area (Å²) in [6, 6.07) is 0. The molecule has 0 bridgehead atoms. The van der Waals surface area contributed by atoms with Crippen molar-refractivity contribution in [2.75, 3.05) is 0 Å². The molecule has 8 nitrogen and oxygen atoms in total. The zero-order valence-corrected chi connectivity index (χ0v) is 10.8. The Morgan fingerprint density at radius 2 is 2.11 bits per heavy atom. The van der Waals surface area contributed by atoms with Gasteiger partial charge in [-0.15, -0.1) is 5.10 Å². The van der Waals surface area contributed by atoms with E-state index in [-0.39, 0.29) is 12.1 Å². The number of aromatic carboxylic acids is 1. The summed E-state index contributed by atoms with van der Waals surface area (Å²) in [5, 5.41) is 20.8. The van der Waals surface area contributed by atoms with Crippen LogP contribution in [-0.4, -0.2) is 35.9 Å². The molecule has 0 aliphatic rings. The molecule has 0 radical (unpaired) electrons. The van der Waals surface area contributed by atoms with E-state index in [4.69, 9.17) is 5.11 Å². The molecule has 8 heteroatoms. The van der Waals surface area contributed by atoms with Crippen LogP contribution >= 0.6 is 0 Å². The fourth-order valence-electron chi connectivity index (χ4n) is 1.75. The smallest absolute Gasteiger partial charge is 0.341 e. The van der Waals surface area contributed by atoms with Crippen LogP contribution in [0.4, 0.5) is 0 Å². The van der Waals surface area contributed by atoms with Crippen molar-refractivity contribution in [1.29, 1.82) is 0 Å². The van der Waals surface area contributed by atoms with E-state index in [1.807, 2.05) is 0 Å². The molecule has 0 fully saturated rings. The molecule has 19 heavy (non-hydrogen) atoms. The standard InChI is InChI=1S/C11H13N5O3/c1-6-7(2)13-16(10(17)9(6)11(18)19)5-8-4-15(3)14-12-8/h4H,5H2,1-3H3,(H,18,19). The minimum Gasteiger partial charge on any atom is -0.477 e. The molecular weight excluding hydrogens is 250 g/mol. The second-order valence-electron chi connectivity index (χ2n) is 4.24. The van der Waals surface area contributed by atoms with Crippen LogP contribution in [-0.2, 0) is 13.6 Å². The van der Waals surface area contributed by atoms with Crippen molar-refractivity contribution in [3.63, 3.8) is 0 Å². The predicted molar refractivity (Wildman–Crippen MR) is 65.0 cm³/mol. The molecule has 0 atom stereocenters. The summed E-state index contributed by atoms with van der Waals surface area (Å²) in [6.45, 7) is 3.32. The van der Waals surface area contributed by atoms with E-state index in [0.29, 0.717) is 17.0 Å². The maximum atomic E-state index is 12.1. The minimum atomic E-state index is -1.25. The van der Waals surface area contributed by atoms with Crippen molar-refractivity contribution in [3.05, 3.63) is 39.1 Å². The van der Waals surface area contributed by atoms with E-state index in [9.17, 15) is 9.59 Å². The van der Waals surface area contributed by atoms with Crippen molar-refractivity contribution >= 4 is 5.97 Å². The fraction of sp³-hybridized carbons (Fsp3) is 0.364. The first-order valence-corrected chi connectivity index (χ1v) is 5.57. The van der Waals surface area contributed by atoms with Gasteiger partial charge in [-0.3, -0.25) is 9.48 Å². The number of nitrogens with zero attached hydrogens (tertiary/aromatic N) is 5. The second-order valence-corrected chi connectivity index (χ2v) is 4.24. The highest BCUT2D eigenvalue weighted by molar-refractivity contribution is 5.88. The van der Waals surface area contributed by atoms with Gasteiger partial charge < -0.3 is 5.11 Å². The normalized spacial score (nSPS) is 10.7. The van der Waals surface area contributed by atoms with Gasteiger partial charge in [0.2, 0.25) is 0 Å². The highest BCUT2D eigenvalue weighted by Crippen LogP contribution is 2.06. The summed E-state index contributed by atoms with van der Waals surface area (Å²) in [5.41, 5.74) is 0.531. The Morgan fingerprint density at radius 3 is 2.63 bits per heavy atom. The quantitative estimate of drug-likeness (QED) is 0.818. The van der Waals surface area contributed by atoms with Gasteiger partial charge in [0.25, 0.3) is 5.56 Å². The van der Waals surface area contributed by atoms with Crippen molar-refractivity contribution < 1.29 is 9.90 Å². The number of aryl methyl sites for hydroxylation is 2. The molecule has 1 N–H and O–H groups in total. The molecule has 2 heterocycles. The number of aromatic nitrogens is 5. The largest absolute Gasteiger partial charge is 0.477 e. The van der Waals surface area contributed by atoms with Crippen LogP contribution in [0.25, 0.3) is 0 Å². The van der Waals surface area contributed by atoms with Crippen LogP contribution in [0.2, 0.25) is 0 Å². The first kappa shape index (κ1) is 12.9. The van der Waals surface area contributed by atoms with Crippen LogP contribution in [0, 0.1) is 13.8 Å². The average Bonchev–Trinajstić information content (AvgIpc) is 2.71. The molecular formula is C11H13N5O3. The van der Waals surface area contributed by atoms with Crippen LogP contribution in [0.1, 0.15) is 27.3 Å². The number of carboxylic acids is 1. The monoisotopic (exact) mass is 263 g/mol. The summed E-state index contributed by atoms with van der Waals surface area (Å²) in [6.07, 6.45) is 1.64. The van der Waals surface area contributed by atoms with Gasteiger partial charge >= 0.3 is 5.97 Å². The maximum absolute atomic E-state index is 12.1.